The molecule has 4 N–H and O–H groups in total. The zero-order valence-electron chi connectivity index (χ0n) is 11.0. The largest absolute Gasteiger partial charge is 0.504 e. The van der Waals surface area contributed by atoms with Gasteiger partial charge in [0.1, 0.15) is 0 Å². The van der Waals surface area contributed by atoms with Gasteiger partial charge in [0, 0.05) is 6.54 Å². The van der Waals surface area contributed by atoms with Gasteiger partial charge in [0.2, 0.25) is 0 Å². The summed E-state index contributed by atoms with van der Waals surface area (Å²) in [4.78, 5) is 0. The number of halogens is 1. The van der Waals surface area contributed by atoms with Crippen molar-refractivity contribution in [2.24, 2.45) is 0 Å². The van der Waals surface area contributed by atoms with Gasteiger partial charge < -0.3 is 20.6 Å². The van der Waals surface area contributed by atoms with E-state index in [1.807, 2.05) is 25.1 Å². The Kier molecular flexibility index (Phi) is 4.37. The Hall–Kier alpha value is -1.91. The lowest BCUT2D eigenvalue weighted by molar-refractivity contribution is 0.191. The monoisotopic (exact) mass is 293 g/mol. The number of rotatable bonds is 4. The molecular weight excluding hydrogens is 278 g/mol. The lowest BCUT2D eigenvalue weighted by Gasteiger charge is -2.15. The number of hydrogen-bond acceptors (Lipinski definition) is 4. The second-order valence-electron chi connectivity index (χ2n) is 4.63. The fourth-order valence-electron chi connectivity index (χ4n) is 1.84. The summed E-state index contributed by atoms with van der Waals surface area (Å²) in [6.45, 7) is 2.19. The number of aliphatic hydroxyl groups is 1. The maximum atomic E-state index is 10.0. The van der Waals surface area contributed by atoms with E-state index in [2.05, 4.69) is 5.32 Å². The van der Waals surface area contributed by atoms with Crippen LogP contribution in [0.1, 0.15) is 17.2 Å². The molecule has 4 nitrogen and oxygen atoms in total. The van der Waals surface area contributed by atoms with E-state index >= 15 is 0 Å². The molecule has 0 saturated heterocycles. The molecule has 0 aliphatic carbocycles. The van der Waals surface area contributed by atoms with Crippen molar-refractivity contribution >= 4 is 17.3 Å². The molecule has 1 atom stereocenters. The second-order valence-corrected chi connectivity index (χ2v) is 5.04. The molecule has 0 saturated carbocycles. The first kappa shape index (κ1) is 14.5. The summed E-state index contributed by atoms with van der Waals surface area (Å²) in [6.07, 6.45) is -0.820. The average molecular weight is 294 g/mol. The van der Waals surface area contributed by atoms with Crippen molar-refractivity contribution in [1.82, 2.24) is 0 Å². The lowest BCUT2D eigenvalue weighted by Crippen LogP contribution is -2.12. The van der Waals surface area contributed by atoms with Crippen LogP contribution < -0.4 is 5.32 Å². The molecule has 2 aromatic carbocycles. The Balaban J connectivity index is 2.04. The molecule has 0 amide bonds. The van der Waals surface area contributed by atoms with Gasteiger partial charge in [0.05, 0.1) is 16.8 Å². The van der Waals surface area contributed by atoms with Crippen molar-refractivity contribution in [2.45, 2.75) is 13.0 Å². The Morgan fingerprint density at radius 3 is 2.50 bits per heavy atom. The summed E-state index contributed by atoms with van der Waals surface area (Å²) in [6, 6.07) is 9.83. The molecule has 106 valence electrons. The van der Waals surface area contributed by atoms with E-state index in [9.17, 15) is 15.3 Å². The Morgan fingerprint density at radius 2 is 1.85 bits per heavy atom. The smallest absolute Gasteiger partial charge is 0.157 e. The molecule has 1 unspecified atom stereocenters. The first-order chi connectivity index (χ1) is 9.47. The molecule has 0 fully saturated rings. The predicted octanol–water partition coefficient (Wildman–Crippen LogP) is 3.21. The predicted molar refractivity (Wildman–Crippen MR) is 79.4 cm³/mol. The van der Waals surface area contributed by atoms with Crippen molar-refractivity contribution < 1.29 is 15.3 Å². The zero-order chi connectivity index (χ0) is 14.7. The zero-order valence-corrected chi connectivity index (χ0v) is 11.7. The maximum Gasteiger partial charge on any atom is 0.157 e. The molecule has 0 aromatic heterocycles. The lowest BCUT2D eigenvalue weighted by atomic mass is 10.1. The number of hydrogen-bond donors (Lipinski definition) is 4. The fraction of sp³-hybridized carbons (Fsp3) is 0.200. The van der Waals surface area contributed by atoms with Gasteiger partial charge in [-0.05, 0) is 42.3 Å². The number of anilines is 1. The van der Waals surface area contributed by atoms with Gasteiger partial charge in [0.25, 0.3) is 0 Å². The van der Waals surface area contributed by atoms with Gasteiger partial charge in [0.15, 0.2) is 11.5 Å². The maximum absolute atomic E-state index is 10.0. The summed E-state index contributed by atoms with van der Waals surface area (Å²) in [5.41, 5.74) is 2.31. The summed E-state index contributed by atoms with van der Waals surface area (Å²) in [5.74, 6) is -0.467. The van der Waals surface area contributed by atoms with Crippen LogP contribution in [0.2, 0.25) is 5.02 Å². The van der Waals surface area contributed by atoms with Gasteiger partial charge >= 0.3 is 0 Å². The van der Waals surface area contributed by atoms with E-state index in [-0.39, 0.29) is 18.0 Å². The van der Waals surface area contributed by atoms with E-state index in [1.165, 1.54) is 12.1 Å². The fourth-order valence-corrected chi connectivity index (χ4v) is 2.14. The number of phenols is 2. The van der Waals surface area contributed by atoms with Crippen LogP contribution in [0.4, 0.5) is 5.69 Å². The van der Waals surface area contributed by atoms with E-state index < -0.39 is 6.10 Å². The summed E-state index contributed by atoms with van der Waals surface area (Å²) in [7, 11) is 0. The molecular formula is C15H16ClNO3. The standard InChI is InChI=1S/C15H16ClNO3/c1-9-2-4-12(11(16)6-9)17-8-15(20)10-3-5-13(18)14(19)7-10/h2-7,15,17-20H,8H2,1H3. The number of aromatic hydroxyl groups is 2. The quantitative estimate of drug-likeness (QED) is 0.653. The highest BCUT2D eigenvalue weighted by Gasteiger charge is 2.11. The molecule has 0 aliphatic rings. The van der Waals surface area contributed by atoms with Gasteiger partial charge in [-0.1, -0.05) is 23.7 Å². The van der Waals surface area contributed by atoms with Gasteiger partial charge in [-0.2, -0.15) is 0 Å². The molecule has 0 spiro atoms. The highest BCUT2D eigenvalue weighted by atomic mass is 35.5. The van der Waals surface area contributed by atoms with Crippen molar-refractivity contribution in [3.05, 3.63) is 52.5 Å². The van der Waals surface area contributed by atoms with Crippen molar-refractivity contribution in [1.29, 1.82) is 0 Å². The first-order valence-electron chi connectivity index (χ1n) is 6.17. The van der Waals surface area contributed by atoms with Crippen LogP contribution in [-0.2, 0) is 0 Å². The van der Waals surface area contributed by atoms with Crippen LogP contribution >= 0.6 is 11.6 Å². The third kappa shape index (κ3) is 3.35. The molecule has 0 radical (unpaired) electrons. The highest BCUT2D eigenvalue weighted by molar-refractivity contribution is 6.33. The van der Waals surface area contributed by atoms with E-state index in [0.29, 0.717) is 10.6 Å². The van der Waals surface area contributed by atoms with Crippen molar-refractivity contribution in [3.63, 3.8) is 0 Å². The minimum Gasteiger partial charge on any atom is -0.504 e. The molecule has 20 heavy (non-hydrogen) atoms. The van der Waals surface area contributed by atoms with Crippen molar-refractivity contribution in [3.8, 4) is 11.5 Å². The van der Waals surface area contributed by atoms with E-state index in [4.69, 9.17) is 11.6 Å². The third-order valence-electron chi connectivity index (χ3n) is 2.99. The Morgan fingerprint density at radius 1 is 1.10 bits per heavy atom. The number of aliphatic hydroxyl groups excluding tert-OH is 1. The third-order valence-corrected chi connectivity index (χ3v) is 3.31. The van der Waals surface area contributed by atoms with Crippen LogP contribution in [0.3, 0.4) is 0 Å². The molecule has 0 heterocycles. The number of nitrogens with one attached hydrogen (secondary N) is 1. The summed E-state index contributed by atoms with van der Waals surface area (Å²) < 4.78 is 0. The van der Waals surface area contributed by atoms with Crippen molar-refractivity contribution in [2.75, 3.05) is 11.9 Å². The summed E-state index contributed by atoms with van der Waals surface area (Å²) >= 11 is 6.09. The van der Waals surface area contributed by atoms with Crippen LogP contribution in [0, 0.1) is 6.92 Å². The highest BCUT2D eigenvalue weighted by Crippen LogP contribution is 2.28. The Bertz CT molecular complexity index is 616. The normalized spacial score (nSPS) is 12.2. The molecule has 0 aliphatic heterocycles. The van der Waals surface area contributed by atoms with Crippen LogP contribution in [-0.4, -0.2) is 21.9 Å². The minimum atomic E-state index is -0.820. The van der Waals surface area contributed by atoms with Crippen LogP contribution in [0.5, 0.6) is 11.5 Å². The van der Waals surface area contributed by atoms with Crippen LogP contribution in [0.25, 0.3) is 0 Å². The van der Waals surface area contributed by atoms with Crippen LogP contribution in [0.15, 0.2) is 36.4 Å². The Labute approximate surface area is 122 Å². The molecule has 2 rings (SSSR count). The first-order valence-corrected chi connectivity index (χ1v) is 6.55. The molecule has 0 bridgehead atoms. The van der Waals surface area contributed by atoms with Gasteiger partial charge in [-0.25, -0.2) is 0 Å². The SMILES string of the molecule is Cc1ccc(NCC(O)c2ccc(O)c(O)c2)c(Cl)c1. The number of aryl methyl sites for hydroxylation is 1. The summed E-state index contributed by atoms with van der Waals surface area (Å²) in [5, 5.41) is 32.3. The van der Waals surface area contributed by atoms with E-state index in [1.54, 1.807) is 6.07 Å². The minimum absolute atomic E-state index is 0.213. The van der Waals surface area contributed by atoms with Gasteiger partial charge in [-0.15, -0.1) is 0 Å². The van der Waals surface area contributed by atoms with E-state index in [0.717, 1.165) is 11.3 Å². The number of phenolic OH excluding ortho intramolecular Hbond substituents is 2. The number of benzene rings is 2. The second kappa shape index (κ2) is 6.03. The topological polar surface area (TPSA) is 72.7 Å². The molecule has 2 aromatic rings. The van der Waals surface area contributed by atoms with Gasteiger partial charge in [-0.3, -0.25) is 0 Å². The molecule has 5 heteroatoms. The average Bonchev–Trinajstić information content (AvgIpc) is 2.40.